The van der Waals surface area contributed by atoms with E-state index in [4.69, 9.17) is 9.47 Å². The molecular formula is C19H23NO5. The van der Waals surface area contributed by atoms with E-state index in [0.717, 1.165) is 6.42 Å². The number of esters is 1. The second kappa shape index (κ2) is 7.88. The van der Waals surface area contributed by atoms with Crippen molar-refractivity contribution < 1.29 is 24.2 Å². The number of methoxy groups -OCH3 is 1. The third-order valence-corrected chi connectivity index (χ3v) is 3.94. The molecule has 1 aliphatic heterocycles. The maximum absolute atomic E-state index is 12.7. The minimum absolute atomic E-state index is 0.0225. The largest absolute Gasteiger partial charge is 0.504 e. The van der Waals surface area contributed by atoms with E-state index in [-0.39, 0.29) is 22.8 Å². The van der Waals surface area contributed by atoms with E-state index in [0.29, 0.717) is 30.2 Å². The van der Waals surface area contributed by atoms with Gasteiger partial charge in [-0.05, 0) is 44.0 Å². The van der Waals surface area contributed by atoms with Gasteiger partial charge in [-0.2, -0.15) is 0 Å². The Hall–Kier alpha value is -2.76. The summed E-state index contributed by atoms with van der Waals surface area (Å²) in [5, 5.41) is 9.81. The lowest BCUT2D eigenvalue weighted by atomic mass is 10.0. The van der Waals surface area contributed by atoms with Crippen molar-refractivity contribution in [1.82, 2.24) is 4.90 Å². The smallest absolute Gasteiger partial charge is 0.340 e. The first-order valence-electron chi connectivity index (χ1n) is 8.23. The summed E-state index contributed by atoms with van der Waals surface area (Å²) >= 11 is 0. The second-order valence-electron chi connectivity index (χ2n) is 5.63. The number of carbonyl (C=O) groups excluding carboxylic acids is 2. The van der Waals surface area contributed by atoms with E-state index in [2.05, 4.69) is 0 Å². The molecule has 0 saturated carbocycles. The highest BCUT2D eigenvalue weighted by atomic mass is 16.5. The van der Waals surface area contributed by atoms with Gasteiger partial charge in [0.15, 0.2) is 11.5 Å². The number of phenolic OH excluding ortho intramolecular Hbond substituents is 1. The Bertz CT molecular complexity index is 748. The van der Waals surface area contributed by atoms with Gasteiger partial charge in [0.05, 0.1) is 24.9 Å². The van der Waals surface area contributed by atoms with Gasteiger partial charge in [-0.15, -0.1) is 0 Å². The molecule has 1 heterocycles. The van der Waals surface area contributed by atoms with Crippen LogP contribution in [0.25, 0.3) is 6.08 Å². The van der Waals surface area contributed by atoms with Gasteiger partial charge in [-0.3, -0.25) is 4.79 Å². The highest BCUT2D eigenvalue weighted by molar-refractivity contribution is 6.16. The van der Waals surface area contributed by atoms with Crippen molar-refractivity contribution in [2.24, 2.45) is 0 Å². The third-order valence-electron chi connectivity index (χ3n) is 3.94. The molecule has 2 rings (SSSR count). The number of hydrogen-bond acceptors (Lipinski definition) is 5. The normalized spacial score (nSPS) is 15.9. The topological polar surface area (TPSA) is 76.1 Å². The van der Waals surface area contributed by atoms with Crippen LogP contribution in [0.15, 0.2) is 35.0 Å². The number of allylic oxidation sites excluding steroid dienone is 1. The van der Waals surface area contributed by atoms with Crippen molar-refractivity contribution in [3.05, 3.63) is 40.6 Å². The van der Waals surface area contributed by atoms with Crippen LogP contribution < -0.4 is 4.74 Å². The van der Waals surface area contributed by atoms with Gasteiger partial charge in [0.1, 0.15) is 0 Å². The molecule has 0 aliphatic carbocycles. The van der Waals surface area contributed by atoms with Crippen LogP contribution in [-0.2, 0) is 14.3 Å². The fraction of sp³-hybridized carbons (Fsp3) is 0.368. The van der Waals surface area contributed by atoms with Crippen molar-refractivity contribution in [2.45, 2.75) is 27.2 Å². The van der Waals surface area contributed by atoms with Crippen molar-refractivity contribution in [2.75, 3.05) is 20.3 Å². The van der Waals surface area contributed by atoms with Gasteiger partial charge in [-0.1, -0.05) is 13.0 Å². The summed E-state index contributed by atoms with van der Waals surface area (Å²) in [6, 6.07) is 4.78. The maximum atomic E-state index is 12.7. The van der Waals surface area contributed by atoms with Crippen LogP contribution in [0.5, 0.6) is 11.5 Å². The number of hydrogen-bond donors (Lipinski definition) is 1. The zero-order valence-corrected chi connectivity index (χ0v) is 15.0. The number of nitrogens with zero attached hydrogens (tertiary/aromatic N) is 1. The lowest BCUT2D eigenvalue weighted by molar-refractivity contribution is -0.136. The Morgan fingerprint density at radius 2 is 2.04 bits per heavy atom. The summed E-state index contributed by atoms with van der Waals surface area (Å²) in [6.45, 7) is 6.46. The molecule has 0 aromatic heterocycles. The molecule has 0 atom stereocenters. The summed E-state index contributed by atoms with van der Waals surface area (Å²) in [4.78, 5) is 26.5. The zero-order chi connectivity index (χ0) is 18.6. The van der Waals surface area contributed by atoms with Gasteiger partial charge in [-0.25, -0.2) is 4.79 Å². The Balaban J connectivity index is 2.51. The molecule has 1 aromatic carbocycles. The summed E-state index contributed by atoms with van der Waals surface area (Å²) in [6.07, 6.45) is 2.40. The summed E-state index contributed by atoms with van der Waals surface area (Å²) < 4.78 is 10.2. The predicted octanol–water partition coefficient (Wildman–Crippen LogP) is 2.87. The number of aromatic hydroxyl groups is 1. The highest BCUT2D eigenvalue weighted by Gasteiger charge is 2.36. The molecule has 0 radical (unpaired) electrons. The number of carbonyl (C=O) groups is 2. The van der Waals surface area contributed by atoms with Crippen molar-refractivity contribution in [1.29, 1.82) is 0 Å². The quantitative estimate of drug-likeness (QED) is 0.634. The zero-order valence-electron chi connectivity index (χ0n) is 15.0. The monoisotopic (exact) mass is 345 g/mol. The molecule has 0 bridgehead atoms. The van der Waals surface area contributed by atoms with Crippen LogP contribution in [0.4, 0.5) is 0 Å². The Kier molecular flexibility index (Phi) is 5.85. The van der Waals surface area contributed by atoms with E-state index in [1.54, 1.807) is 30.0 Å². The average Bonchev–Trinajstić information content (AvgIpc) is 2.82. The molecule has 134 valence electrons. The minimum Gasteiger partial charge on any atom is -0.504 e. The van der Waals surface area contributed by atoms with E-state index in [1.165, 1.54) is 13.2 Å². The average molecular weight is 345 g/mol. The number of amides is 1. The van der Waals surface area contributed by atoms with Crippen LogP contribution in [0.2, 0.25) is 0 Å². The van der Waals surface area contributed by atoms with E-state index in [1.807, 2.05) is 13.8 Å². The molecule has 1 aromatic rings. The molecule has 0 fully saturated rings. The molecule has 6 heteroatoms. The first kappa shape index (κ1) is 18.6. The Morgan fingerprint density at radius 3 is 2.64 bits per heavy atom. The number of ether oxygens (including phenoxy) is 2. The van der Waals surface area contributed by atoms with Gasteiger partial charge in [0.25, 0.3) is 5.91 Å². The second-order valence-corrected chi connectivity index (χ2v) is 5.63. The fourth-order valence-corrected chi connectivity index (χ4v) is 2.78. The van der Waals surface area contributed by atoms with Crippen molar-refractivity contribution in [3.63, 3.8) is 0 Å². The molecule has 6 nitrogen and oxygen atoms in total. The molecule has 1 N–H and O–H groups in total. The highest BCUT2D eigenvalue weighted by Crippen LogP contribution is 2.33. The first-order chi connectivity index (χ1) is 11.9. The van der Waals surface area contributed by atoms with Gasteiger partial charge in [0, 0.05) is 12.2 Å². The van der Waals surface area contributed by atoms with Crippen molar-refractivity contribution in [3.8, 4) is 11.5 Å². The van der Waals surface area contributed by atoms with Crippen LogP contribution in [0.3, 0.4) is 0 Å². The third kappa shape index (κ3) is 3.68. The minimum atomic E-state index is -0.542. The van der Waals surface area contributed by atoms with E-state index >= 15 is 0 Å². The van der Waals surface area contributed by atoms with E-state index in [9.17, 15) is 14.7 Å². The predicted molar refractivity (Wildman–Crippen MR) is 94.0 cm³/mol. The number of benzene rings is 1. The van der Waals surface area contributed by atoms with Gasteiger partial charge in [0.2, 0.25) is 0 Å². The van der Waals surface area contributed by atoms with Crippen LogP contribution >= 0.6 is 0 Å². The molecule has 0 spiro atoms. The standard InChI is InChI=1S/C19H23NO5/c1-5-9-20-12(3)17(19(23)24-4)14(18(20)22)10-13-7-8-15(21)16(11-13)25-6-2/h7-8,10-11,21H,5-6,9H2,1-4H3/b14-10-. The van der Waals surface area contributed by atoms with Crippen LogP contribution in [-0.4, -0.2) is 42.1 Å². The van der Waals surface area contributed by atoms with Crippen LogP contribution in [0, 0.1) is 0 Å². The Morgan fingerprint density at radius 1 is 1.32 bits per heavy atom. The molecule has 25 heavy (non-hydrogen) atoms. The Labute approximate surface area is 147 Å². The van der Waals surface area contributed by atoms with Gasteiger partial charge >= 0.3 is 5.97 Å². The summed E-state index contributed by atoms with van der Waals surface area (Å²) in [7, 11) is 1.29. The summed E-state index contributed by atoms with van der Waals surface area (Å²) in [5.74, 6) is -0.424. The van der Waals surface area contributed by atoms with Gasteiger partial charge < -0.3 is 19.5 Å². The van der Waals surface area contributed by atoms with Crippen LogP contribution in [0.1, 0.15) is 32.8 Å². The molecular weight excluding hydrogens is 322 g/mol. The summed E-state index contributed by atoms with van der Waals surface area (Å²) in [5.41, 5.74) is 1.80. The lowest BCUT2D eigenvalue weighted by Crippen LogP contribution is -2.25. The fourth-order valence-electron chi connectivity index (χ4n) is 2.78. The maximum Gasteiger partial charge on any atom is 0.340 e. The molecule has 1 aliphatic rings. The molecule has 0 unspecified atom stereocenters. The molecule has 1 amide bonds. The number of phenols is 1. The lowest BCUT2D eigenvalue weighted by Gasteiger charge is -2.16. The number of rotatable bonds is 6. The SMILES string of the molecule is CCCN1C(=O)/C(=C\c2ccc(O)c(OCC)c2)C(C(=O)OC)=C1C. The molecule has 0 saturated heterocycles. The van der Waals surface area contributed by atoms with E-state index < -0.39 is 5.97 Å². The first-order valence-corrected chi connectivity index (χ1v) is 8.23. The van der Waals surface area contributed by atoms with Crippen molar-refractivity contribution >= 4 is 18.0 Å².